The standard InChI is InChI=1S/C16H21N5OS/c1-21-11-13(10-17-21)7-8-14(22)18-16-20-19-15(23-16)9-12-5-3-2-4-6-12/h7-8,10-12H,2-6,9H2,1H3,(H,18,20,22)/b8-7-. The molecule has 0 saturated heterocycles. The number of aromatic nitrogens is 4. The van der Waals surface area contributed by atoms with Gasteiger partial charge in [-0.25, -0.2) is 0 Å². The van der Waals surface area contributed by atoms with Gasteiger partial charge in [0, 0.05) is 31.3 Å². The Bertz CT molecular complexity index is 684. The van der Waals surface area contributed by atoms with Crippen LogP contribution < -0.4 is 5.32 Å². The molecule has 23 heavy (non-hydrogen) atoms. The van der Waals surface area contributed by atoms with Crippen LogP contribution in [-0.4, -0.2) is 25.9 Å². The summed E-state index contributed by atoms with van der Waals surface area (Å²) in [4.78, 5) is 11.9. The SMILES string of the molecule is Cn1cc(/C=C\C(=O)Nc2nnc(CC3CCCCC3)s2)cn1. The summed E-state index contributed by atoms with van der Waals surface area (Å²) in [7, 11) is 1.84. The van der Waals surface area contributed by atoms with Gasteiger partial charge in [0.1, 0.15) is 5.01 Å². The van der Waals surface area contributed by atoms with Crippen molar-refractivity contribution in [3.05, 3.63) is 29.0 Å². The largest absolute Gasteiger partial charge is 0.297 e. The molecule has 2 aromatic rings. The first kappa shape index (κ1) is 15.9. The molecule has 1 aliphatic rings. The number of rotatable bonds is 5. The maximum absolute atomic E-state index is 11.9. The molecule has 0 atom stereocenters. The maximum Gasteiger partial charge on any atom is 0.250 e. The van der Waals surface area contributed by atoms with Gasteiger partial charge in [-0.05, 0) is 12.0 Å². The molecule has 1 aliphatic carbocycles. The van der Waals surface area contributed by atoms with Gasteiger partial charge in [0.25, 0.3) is 0 Å². The smallest absolute Gasteiger partial charge is 0.250 e. The molecule has 0 spiro atoms. The molecule has 1 saturated carbocycles. The highest BCUT2D eigenvalue weighted by Crippen LogP contribution is 2.28. The van der Waals surface area contributed by atoms with Gasteiger partial charge >= 0.3 is 0 Å². The average Bonchev–Trinajstić information content (AvgIpc) is 3.15. The number of hydrogen-bond donors (Lipinski definition) is 1. The van der Waals surface area contributed by atoms with Crippen LogP contribution in [0.5, 0.6) is 0 Å². The second-order valence-electron chi connectivity index (χ2n) is 5.98. The van der Waals surface area contributed by atoms with Gasteiger partial charge < -0.3 is 0 Å². The van der Waals surface area contributed by atoms with Crippen LogP contribution in [0.4, 0.5) is 5.13 Å². The molecule has 3 rings (SSSR count). The first-order valence-electron chi connectivity index (χ1n) is 7.99. The molecule has 1 fully saturated rings. The maximum atomic E-state index is 11.9. The number of nitrogens with one attached hydrogen (secondary N) is 1. The molecule has 0 aliphatic heterocycles. The minimum absolute atomic E-state index is 0.200. The molecular formula is C16H21N5OS. The van der Waals surface area contributed by atoms with E-state index in [9.17, 15) is 4.79 Å². The van der Waals surface area contributed by atoms with Crippen molar-refractivity contribution < 1.29 is 4.79 Å². The second kappa shape index (κ2) is 7.50. The van der Waals surface area contributed by atoms with Crippen LogP contribution in [0.25, 0.3) is 6.08 Å². The highest BCUT2D eigenvalue weighted by molar-refractivity contribution is 7.15. The Morgan fingerprint density at radius 2 is 2.22 bits per heavy atom. The lowest BCUT2D eigenvalue weighted by Gasteiger charge is -2.19. The molecular weight excluding hydrogens is 310 g/mol. The summed E-state index contributed by atoms with van der Waals surface area (Å²) in [6.45, 7) is 0. The van der Waals surface area contributed by atoms with Gasteiger partial charge in [-0.15, -0.1) is 10.2 Å². The lowest BCUT2D eigenvalue weighted by atomic mass is 9.87. The lowest BCUT2D eigenvalue weighted by molar-refractivity contribution is -0.111. The van der Waals surface area contributed by atoms with Crippen molar-refractivity contribution in [2.75, 3.05) is 5.32 Å². The minimum atomic E-state index is -0.200. The van der Waals surface area contributed by atoms with Crippen LogP contribution in [0, 0.1) is 5.92 Å². The molecule has 0 radical (unpaired) electrons. The van der Waals surface area contributed by atoms with Gasteiger partial charge in [-0.3, -0.25) is 14.8 Å². The second-order valence-corrected chi connectivity index (χ2v) is 7.04. The molecule has 2 aromatic heterocycles. The summed E-state index contributed by atoms with van der Waals surface area (Å²) in [5, 5.41) is 16.7. The van der Waals surface area contributed by atoms with Crippen molar-refractivity contribution in [1.82, 2.24) is 20.0 Å². The Labute approximate surface area is 139 Å². The minimum Gasteiger partial charge on any atom is -0.297 e. The van der Waals surface area contributed by atoms with Crippen LogP contribution in [0.15, 0.2) is 18.5 Å². The Balaban J connectivity index is 1.51. The van der Waals surface area contributed by atoms with E-state index in [0.717, 1.165) is 22.9 Å². The van der Waals surface area contributed by atoms with Crippen molar-refractivity contribution in [3.8, 4) is 0 Å². The van der Waals surface area contributed by atoms with E-state index < -0.39 is 0 Å². The van der Waals surface area contributed by atoms with Crippen LogP contribution in [-0.2, 0) is 18.3 Å². The highest BCUT2D eigenvalue weighted by Gasteiger charge is 2.16. The van der Waals surface area contributed by atoms with E-state index in [2.05, 4.69) is 20.6 Å². The molecule has 7 heteroatoms. The fraction of sp³-hybridized carbons (Fsp3) is 0.500. The van der Waals surface area contributed by atoms with Gasteiger partial charge in [-0.1, -0.05) is 43.4 Å². The summed E-state index contributed by atoms with van der Waals surface area (Å²) >= 11 is 1.48. The molecule has 0 bridgehead atoms. The quantitative estimate of drug-likeness (QED) is 0.855. The van der Waals surface area contributed by atoms with Crippen molar-refractivity contribution in [2.45, 2.75) is 38.5 Å². The van der Waals surface area contributed by atoms with Gasteiger partial charge in [0.2, 0.25) is 11.0 Å². The van der Waals surface area contributed by atoms with Gasteiger partial charge in [-0.2, -0.15) is 5.10 Å². The fourth-order valence-electron chi connectivity index (χ4n) is 2.87. The van der Waals surface area contributed by atoms with Crippen LogP contribution in [0.2, 0.25) is 0 Å². The molecule has 1 amide bonds. The van der Waals surface area contributed by atoms with E-state index in [1.165, 1.54) is 49.5 Å². The number of aryl methyl sites for hydroxylation is 1. The molecule has 0 unspecified atom stereocenters. The monoisotopic (exact) mass is 331 g/mol. The molecule has 6 nitrogen and oxygen atoms in total. The van der Waals surface area contributed by atoms with Crippen molar-refractivity contribution in [2.24, 2.45) is 13.0 Å². The zero-order chi connectivity index (χ0) is 16.1. The Morgan fingerprint density at radius 1 is 1.39 bits per heavy atom. The summed E-state index contributed by atoms with van der Waals surface area (Å²) in [5.74, 6) is 0.528. The number of carbonyl (C=O) groups is 1. The third-order valence-electron chi connectivity index (χ3n) is 4.04. The van der Waals surface area contributed by atoms with Crippen molar-refractivity contribution in [3.63, 3.8) is 0 Å². The number of anilines is 1. The summed E-state index contributed by atoms with van der Waals surface area (Å²) in [6.07, 6.45) is 14.3. The van der Waals surface area contributed by atoms with E-state index in [4.69, 9.17) is 0 Å². The first-order valence-corrected chi connectivity index (χ1v) is 8.81. The first-order chi connectivity index (χ1) is 11.2. The zero-order valence-corrected chi connectivity index (χ0v) is 14.1. The van der Waals surface area contributed by atoms with Crippen LogP contribution in [0.3, 0.4) is 0 Å². The van der Waals surface area contributed by atoms with E-state index in [1.54, 1.807) is 17.0 Å². The van der Waals surface area contributed by atoms with Gasteiger partial charge in [0.15, 0.2) is 0 Å². The third-order valence-corrected chi connectivity index (χ3v) is 4.90. The van der Waals surface area contributed by atoms with Crippen LogP contribution in [0.1, 0.15) is 42.7 Å². The van der Waals surface area contributed by atoms with E-state index in [-0.39, 0.29) is 5.91 Å². The summed E-state index contributed by atoms with van der Waals surface area (Å²) in [6, 6.07) is 0. The fourth-order valence-corrected chi connectivity index (χ4v) is 3.73. The number of carbonyl (C=O) groups excluding carboxylic acids is 1. The van der Waals surface area contributed by atoms with Crippen molar-refractivity contribution >= 4 is 28.5 Å². The Hall–Kier alpha value is -2.02. The Morgan fingerprint density at radius 3 is 2.96 bits per heavy atom. The summed E-state index contributed by atoms with van der Waals surface area (Å²) in [5.41, 5.74) is 0.887. The predicted octanol–water partition coefficient (Wildman–Crippen LogP) is 3.05. The molecule has 122 valence electrons. The summed E-state index contributed by atoms with van der Waals surface area (Å²) < 4.78 is 1.69. The number of nitrogens with zero attached hydrogens (tertiary/aromatic N) is 4. The van der Waals surface area contributed by atoms with Crippen LogP contribution >= 0.6 is 11.3 Å². The molecule has 0 aromatic carbocycles. The Kier molecular flexibility index (Phi) is 5.17. The number of amides is 1. The molecule has 1 N–H and O–H groups in total. The topological polar surface area (TPSA) is 72.7 Å². The van der Waals surface area contributed by atoms with E-state index in [0.29, 0.717) is 5.13 Å². The number of hydrogen-bond acceptors (Lipinski definition) is 5. The predicted molar refractivity (Wildman–Crippen MR) is 91.1 cm³/mol. The van der Waals surface area contributed by atoms with E-state index in [1.807, 2.05) is 13.2 Å². The van der Waals surface area contributed by atoms with Crippen molar-refractivity contribution in [1.29, 1.82) is 0 Å². The van der Waals surface area contributed by atoms with E-state index >= 15 is 0 Å². The lowest BCUT2D eigenvalue weighted by Crippen LogP contribution is -2.08. The third kappa shape index (κ3) is 4.72. The van der Waals surface area contributed by atoms with Gasteiger partial charge in [0.05, 0.1) is 6.20 Å². The zero-order valence-electron chi connectivity index (χ0n) is 13.2. The normalized spacial score (nSPS) is 16.0. The highest BCUT2D eigenvalue weighted by atomic mass is 32.1. The molecule has 2 heterocycles. The average molecular weight is 331 g/mol.